The Morgan fingerprint density at radius 3 is 2.50 bits per heavy atom. The largest absolute Gasteiger partial charge is 0.325 e. The van der Waals surface area contributed by atoms with Crippen molar-refractivity contribution in [2.75, 3.05) is 0 Å². The quantitative estimate of drug-likeness (QED) is 0.853. The van der Waals surface area contributed by atoms with Gasteiger partial charge >= 0.3 is 0 Å². The number of nitrogens with two attached hydrogens (primary N) is 1. The van der Waals surface area contributed by atoms with Crippen molar-refractivity contribution >= 4 is 0 Å². The highest BCUT2D eigenvalue weighted by molar-refractivity contribution is 5.61. The molecule has 4 heteroatoms. The van der Waals surface area contributed by atoms with Crippen LogP contribution in [0.5, 0.6) is 0 Å². The summed E-state index contributed by atoms with van der Waals surface area (Å²) >= 11 is 0. The molecule has 0 saturated carbocycles. The number of benzene rings is 1. The highest BCUT2D eigenvalue weighted by atomic mass is 15.4. The molecule has 2 aromatic rings. The molecule has 16 heavy (non-hydrogen) atoms. The fourth-order valence-electron chi connectivity index (χ4n) is 1.72. The van der Waals surface area contributed by atoms with E-state index in [0.717, 1.165) is 17.0 Å². The molecule has 0 aliphatic heterocycles. The van der Waals surface area contributed by atoms with Gasteiger partial charge in [0.2, 0.25) is 0 Å². The molecule has 4 nitrogen and oxygen atoms in total. The average Bonchev–Trinajstić information content (AvgIpc) is 2.73. The van der Waals surface area contributed by atoms with Crippen molar-refractivity contribution in [2.24, 2.45) is 5.73 Å². The molecule has 0 radical (unpaired) electrons. The van der Waals surface area contributed by atoms with Crippen LogP contribution in [0.3, 0.4) is 0 Å². The summed E-state index contributed by atoms with van der Waals surface area (Å²) in [5, 5.41) is 8.27. The predicted molar refractivity (Wildman–Crippen MR) is 63.7 cm³/mol. The molecule has 0 amide bonds. The second-order valence-corrected chi connectivity index (χ2v) is 3.99. The van der Waals surface area contributed by atoms with Crippen LogP contribution in [0.15, 0.2) is 30.3 Å². The summed E-state index contributed by atoms with van der Waals surface area (Å²) in [6.45, 7) is 4.58. The zero-order chi connectivity index (χ0) is 11.5. The molecular weight excluding hydrogens is 200 g/mol. The van der Waals surface area contributed by atoms with Gasteiger partial charge in [0.15, 0.2) is 0 Å². The molecule has 0 saturated heterocycles. The van der Waals surface area contributed by atoms with Crippen molar-refractivity contribution in [1.82, 2.24) is 15.0 Å². The van der Waals surface area contributed by atoms with Gasteiger partial charge in [-0.1, -0.05) is 35.5 Å². The monoisotopic (exact) mass is 216 g/mol. The van der Waals surface area contributed by atoms with Crippen molar-refractivity contribution in [3.05, 3.63) is 36.0 Å². The second kappa shape index (κ2) is 4.45. The Hall–Kier alpha value is -1.68. The Bertz CT molecular complexity index is 459. The number of aromatic nitrogens is 3. The van der Waals surface area contributed by atoms with Crippen LogP contribution in [0.25, 0.3) is 11.3 Å². The van der Waals surface area contributed by atoms with Gasteiger partial charge in [-0.25, -0.2) is 4.68 Å². The van der Waals surface area contributed by atoms with Crippen LogP contribution < -0.4 is 5.73 Å². The Morgan fingerprint density at radius 1 is 1.25 bits per heavy atom. The lowest BCUT2D eigenvalue weighted by molar-refractivity contribution is 0.519. The van der Waals surface area contributed by atoms with E-state index in [2.05, 4.69) is 36.3 Å². The maximum Gasteiger partial charge on any atom is 0.104 e. The molecule has 84 valence electrons. The lowest BCUT2D eigenvalue weighted by atomic mass is 10.1. The summed E-state index contributed by atoms with van der Waals surface area (Å²) < 4.78 is 1.91. The molecule has 0 atom stereocenters. The van der Waals surface area contributed by atoms with Crippen LogP contribution in [-0.4, -0.2) is 15.0 Å². The molecule has 0 fully saturated rings. The molecule has 0 aliphatic carbocycles. The molecular formula is C12H16N4. The number of nitrogens with zero attached hydrogens (tertiary/aromatic N) is 3. The van der Waals surface area contributed by atoms with E-state index in [0.29, 0.717) is 6.54 Å². The van der Waals surface area contributed by atoms with Crippen LogP contribution in [0.2, 0.25) is 0 Å². The third-order valence-electron chi connectivity index (χ3n) is 2.49. The van der Waals surface area contributed by atoms with Crippen molar-refractivity contribution in [3.63, 3.8) is 0 Å². The van der Waals surface area contributed by atoms with E-state index in [1.165, 1.54) is 0 Å². The molecule has 1 aromatic carbocycles. The van der Waals surface area contributed by atoms with Gasteiger partial charge in [-0.15, -0.1) is 5.10 Å². The molecule has 1 heterocycles. The zero-order valence-corrected chi connectivity index (χ0v) is 9.59. The number of rotatable bonds is 3. The summed E-state index contributed by atoms with van der Waals surface area (Å²) in [6.07, 6.45) is 0. The predicted octanol–water partition coefficient (Wildman–Crippen LogP) is 1.98. The van der Waals surface area contributed by atoms with E-state index in [-0.39, 0.29) is 6.04 Å². The third-order valence-corrected chi connectivity index (χ3v) is 2.49. The maximum absolute atomic E-state index is 5.69. The van der Waals surface area contributed by atoms with Crippen LogP contribution in [0.4, 0.5) is 0 Å². The summed E-state index contributed by atoms with van der Waals surface area (Å²) in [4.78, 5) is 0. The second-order valence-electron chi connectivity index (χ2n) is 3.99. The Labute approximate surface area is 95.1 Å². The Balaban J connectivity index is 2.57. The van der Waals surface area contributed by atoms with E-state index in [1.54, 1.807) is 0 Å². The van der Waals surface area contributed by atoms with Gasteiger partial charge in [-0.3, -0.25) is 0 Å². The fraction of sp³-hybridized carbons (Fsp3) is 0.333. The van der Waals surface area contributed by atoms with Gasteiger partial charge in [0.25, 0.3) is 0 Å². The van der Waals surface area contributed by atoms with Crippen LogP contribution in [-0.2, 0) is 6.54 Å². The van der Waals surface area contributed by atoms with Crippen molar-refractivity contribution in [1.29, 1.82) is 0 Å². The van der Waals surface area contributed by atoms with Gasteiger partial charge in [0.05, 0.1) is 5.69 Å². The number of hydrogen-bond donors (Lipinski definition) is 1. The third kappa shape index (κ3) is 1.84. The van der Waals surface area contributed by atoms with E-state index in [9.17, 15) is 0 Å². The standard InChI is InChI=1S/C12H16N4/c1-9(2)16-12(11(8-13)14-15-16)10-6-4-3-5-7-10/h3-7,9H,8,13H2,1-2H3. The molecule has 0 aliphatic rings. The summed E-state index contributed by atoms with van der Waals surface area (Å²) in [5.41, 5.74) is 8.67. The van der Waals surface area contributed by atoms with Crippen molar-refractivity contribution in [3.8, 4) is 11.3 Å². The summed E-state index contributed by atoms with van der Waals surface area (Å²) in [7, 11) is 0. The van der Waals surface area contributed by atoms with Crippen LogP contribution >= 0.6 is 0 Å². The highest BCUT2D eigenvalue weighted by Crippen LogP contribution is 2.24. The molecule has 0 spiro atoms. The SMILES string of the molecule is CC(C)n1nnc(CN)c1-c1ccccc1. The van der Waals surface area contributed by atoms with Gasteiger partial charge in [-0.05, 0) is 13.8 Å². The van der Waals surface area contributed by atoms with Gasteiger partial charge in [0, 0.05) is 18.2 Å². The van der Waals surface area contributed by atoms with E-state index >= 15 is 0 Å². The smallest absolute Gasteiger partial charge is 0.104 e. The minimum Gasteiger partial charge on any atom is -0.325 e. The summed E-state index contributed by atoms with van der Waals surface area (Å²) in [5.74, 6) is 0. The molecule has 0 bridgehead atoms. The Kier molecular flexibility index (Phi) is 3.01. The molecule has 2 rings (SSSR count). The average molecular weight is 216 g/mol. The van der Waals surface area contributed by atoms with Gasteiger partial charge < -0.3 is 5.73 Å². The molecule has 2 N–H and O–H groups in total. The topological polar surface area (TPSA) is 56.7 Å². The first-order chi connectivity index (χ1) is 7.74. The maximum atomic E-state index is 5.69. The lowest BCUT2D eigenvalue weighted by Gasteiger charge is -2.10. The molecule has 1 aromatic heterocycles. The van der Waals surface area contributed by atoms with Gasteiger partial charge in [-0.2, -0.15) is 0 Å². The first-order valence-electron chi connectivity index (χ1n) is 5.43. The van der Waals surface area contributed by atoms with Crippen molar-refractivity contribution < 1.29 is 0 Å². The van der Waals surface area contributed by atoms with Crippen LogP contribution in [0, 0.1) is 0 Å². The fourth-order valence-corrected chi connectivity index (χ4v) is 1.72. The minimum atomic E-state index is 0.281. The highest BCUT2D eigenvalue weighted by Gasteiger charge is 2.15. The molecule has 0 unspecified atom stereocenters. The van der Waals surface area contributed by atoms with E-state index in [4.69, 9.17) is 5.73 Å². The van der Waals surface area contributed by atoms with E-state index in [1.807, 2.05) is 22.9 Å². The minimum absolute atomic E-state index is 0.281. The lowest BCUT2D eigenvalue weighted by Crippen LogP contribution is -2.06. The van der Waals surface area contributed by atoms with E-state index < -0.39 is 0 Å². The summed E-state index contributed by atoms with van der Waals surface area (Å²) in [6, 6.07) is 10.4. The first-order valence-corrected chi connectivity index (χ1v) is 5.43. The number of hydrogen-bond acceptors (Lipinski definition) is 3. The Morgan fingerprint density at radius 2 is 1.94 bits per heavy atom. The first kappa shape index (κ1) is 10.8. The van der Waals surface area contributed by atoms with Crippen LogP contribution in [0.1, 0.15) is 25.6 Å². The van der Waals surface area contributed by atoms with Crippen molar-refractivity contribution in [2.45, 2.75) is 26.4 Å². The normalized spacial score (nSPS) is 11.0. The van der Waals surface area contributed by atoms with Gasteiger partial charge in [0.1, 0.15) is 5.69 Å². The zero-order valence-electron chi connectivity index (χ0n) is 9.59.